The lowest BCUT2D eigenvalue weighted by molar-refractivity contribution is 0.313. The third-order valence-electron chi connectivity index (χ3n) is 7.37. The highest BCUT2D eigenvalue weighted by atomic mass is 35.5. The molecule has 1 aromatic heterocycles. The number of likely N-dealkylation sites (N-methyl/N-ethyl adjacent to an activating group) is 1. The molecule has 6 rings (SSSR count). The van der Waals surface area contributed by atoms with Crippen LogP contribution >= 0.6 is 11.6 Å². The highest BCUT2D eigenvalue weighted by Crippen LogP contribution is 2.35. The second-order valence-corrected chi connectivity index (χ2v) is 12.7. The van der Waals surface area contributed by atoms with Crippen LogP contribution in [0.5, 0.6) is 0 Å². The summed E-state index contributed by atoms with van der Waals surface area (Å²) >= 11 is 6.31. The molecule has 3 aromatic rings. The van der Waals surface area contributed by atoms with Crippen LogP contribution in [0.15, 0.2) is 42.5 Å². The maximum atomic E-state index is 12.5. The molecule has 2 aromatic carbocycles. The summed E-state index contributed by atoms with van der Waals surface area (Å²) in [5, 5.41) is 6.78. The molecule has 0 atom stereocenters. The van der Waals surface area contributed by atoms with E-state index in [2.05, 4.69) is 56.5 Å². The summed E-state index contributed by atoms with van der Waals surface area (Å²) in [4.78, 5) is 14.3. The van der Waals surface area contributed by atoms with Gasteiger partial charge in [-0.1, -0.05) is 11.6 Å². The number of piperazine rings is 1. The van der Waals surface area contributed by atoms with E-state index in [0.717, 1.165) is 68.2 Å². The molecule has 0 radical (unpaired) electrons. The van der Waals surface area contributed by atoms with Gasteiger partial charge in [-0.3, -0.25) is 4.72 Å². The molecule has 3 aliphatic rings. The first-order valence-corrected chi connectivity index (χ1v) is 15.0. The maximum Gasteiger partial charge on any atom is 0.235 e. The number of hydrogen-bond donors (Lipinski definition) is 3. The van der Waals surface area contributed by atoms with Crippen LogP contribution in [-0.2, 0) is 22.9 Å². The van der Waals surface area contributed by atoms with Gasteiger partial charge in [-0.2, -0.15) is 4.98 Å². The number of halogens is 1. The zero-order chi connectivity index (χ0) is 26.3. The van der Waals surface area contributed by atoms with E-state index in [1.54, 1.807) is 12.1 Å². The average molecular weight is 554 g/mol. The van der Waals surface area contributed by atoms with Crippen molar-refractivity contribution in [2.24, 2.45) is 0 Å². The van der Waals surface area contributed by atoms with E-state index in [1.807, 2.05) is 6.07 Å². The van der Waals surface area contributed by atoms with Crippen molar-refractivity contribution in [1.82, 2.24) is 14.9 Å². The molecule has 2 fully saturated rings. The van der Waals surface area contributed by atoms with Gasteiger partial charge in [0.05, 0.1) is 21.7 Å². The number of fused-ring (bicyclic) bond motifs is 1. The van der Waals surface area contributed by atoms with Gasteiger partial charge in [-0.15, -0.1) is 0 Å². The Morgan fingerprint density at radius 3 is 2.39 bits per heavy atom. The Balaban J connectivity index is 1.20. The summed E-state index contributed by atoms with van der Waals surface area (Å²) in [5.74, 6) is 1.26. The van der Waals surface area contributed by atoms with Crippen LogP contribution in [0.4, 0.5) is 34.5 Å². The first-order valence-electron chi connectivity index (χ1n) is 13.1. The molecule has 1 saturated carbocycles. The summed E-state index contributed by atoms with van der Waals surface area (Å²) in [6.07, 6.45) is 4.19. The monoisotopic (exact) mass is 553 g/mol. The lowest BCUT2D eigenvalue weighted by Crippen LogP contribution is -2.44. The Kier molecular flexibility index (Phi) is 6.79. The molecule has 1 aliphatic heterocycles. The van der Waals surface area contributed by atoms with Gasteiger partial charge in [-0.25, -0.2) is 13.4 Å². The minimum absolute atomic E-state index is 0.329. The number of rotatable bonds is 8. The van der Waals surface area contributed by atoms with Gasteiger partial charge in [0, 0.05) is 48.8 Å². The summed E-state index contributed by atoms with van der Waals surface area (Å²) in [6, 6.07) is 13.6. The molecule has 11 heteroatoms. The van der Waals surface area contributed by atoms with E-state index in [0.29, 0.717) is 35.2 Å². The molecule has 0 amide bonds. The summed E-state index contributed by atoms with van der Waals surface area (Å²) in [6.45, 7) is 4.20. The number of aryl methyl sites for hydroxylation is 1. The first kappa shape index (κ1) is 25.2. The predicted molar refractivity (Wildman–Crippen MR) is 154 cm³/mol. The number of nitrogens with zero attached hydrogens (tertiary/aromatic N) is 4. The number of hydrogen-bond acceptors (Lipinski definition) is 8. The van der Waals surface area contributed by atoms with E-state index in [1.165, 1.54) is 5.69 Å². The first-order chi connectivity index (χ1) is 18.3. The van der Waals surface area contributed by atoms with Gasteiger partial charge >= 0.3 is 0 Å². The number of nitrogens with one attached hydrogen (secondary N) is 3. The third kappa shape index (κ3) is 5.52. The minimum Gasteiger partial charge on any atom is -0.369 e. The van der Waals surface area contributed by atoms with Gasteiger partial charge in [0.15, 0.2) is 0 Å². The SMILES string of the molecule is CN1CCN(c2ccc(Nc3nc4c(c(Nc5ccc(Cl)c(NS(=O)(=O)C6CC6)c5)n3)CCC4)cc2)CC1. The molecule has 9 nitrogen and oxygen atoms in total. The second-order valence-electron chi connectivity index (χ2n) is 10.3. The van der Waals surface area contributed by atoms with E-state index in [-0.39, 0.29) is 5.25 Å². The third-order valence-corrected chi connectivity index (χ3v) is 9.55. The van der Waals surface area contributed by atoms with Crippen molar-refractivity contribution in [2.75, 3.05) is 53.5 Å². The van der Waals surface area contributed by atoms with Gasteiger partial charge in [0.2, 0.25) is 16.0 Å². The Bertz CT molecular complexity index is 1440. The minimum atomic E-state index is -3.42. The molecular formula is C27H32ClN7O2S. The quantitative estimate of drug-likeness (QED) is 0.367. The fraction of sp³-hybridized carbons (Fsp3) is 0.407. The van der Waals surface area contributed by atoms with Gasteiger partial charge in [0.25, 0.3) is 0 Å². The van der Waals surface area contributed by atoms with Crippen molar-refractivity contribution >= 4 is 56.1 Å². The average Bonchev–Trinajstić information content (AvgIpc) is 3.66. The van der Waals surface area contributed by atoms with E-state index < -0.39 is 10.0 Å². The number of benzene rings is 2. The van der Waals surface area contributed by atoms with Crippen molar-refractivity contribution < 1.29 is 8.42 Å². The molecule has 3 N–H and O–H groups in total. The van der Waals surface area contributed by atoms with Crippen molar-refractivity contribution in [2.45, 2.75) is 37.4 Å². The molecular weight excluding hydrogens is 522 g/mol. The Morgan fingerprint density at radius 1 is 0.921 bits per heavy atom. The Morgan fingerprint density at radius 2 is 1.66 bits per heavy atom. The molecule has 0 bridgehead atoms. The van der Waals surface area contributed by atoms with E-state index >= 15 is 0 Å². The van der Waals surface area contributed by atoms with E-state index in [4.69, 9.17) is 21.6 Å². The standard InChI is InChI=1S/C27H32ClN7O2S/c1-34-13-15-35(16-14-34)20-8-5-18(6-9-20)30-27-31-24-4-2-3-22(24)26(32-27)29-19-7-12-23(28)25(17-19)33-38(36,37)21-10-11-21/h5-9,12,17,21,33H,2-4,10-11,13-16H2,1H3,(H2,29,30,31,32). The Hall–Kier alpha value is -3.08. The molecule has 0 unspecified atom stereocenters. The topological polar surface area (TPSA) is 102 Å². The van der Waals surface area contributed by atoms with Crippen LogP contribution in [0, 0.1) is 0 Å². The summed E-state index contributed by atoms with van der Waals surface area (Å²) in [7, 11) is -1.26. The number of sulfonamides is 1. The lowest BCUT2D eigenvalue weighted by Gasteiger charge is -2.34. The largest absolute Gasteiger partial charge is 0.369 e. The second kappa shape index (κ2) is 10.2. The molecule has 0 spiro atoms. The summed E-state index contributed by atoms with van der Waals surface area (Å²) < 4.78 is 27.6. The van der Waals surface area contributed by atoms with Crippen LogP contribution in [0.3, 0.4) is 0 Å². The molecule has 2 heterocycles. The molecule has 1 saturated heterocycles. The van der Waals surface area contributed by atoms with Crippen LogP contribution in [0.1, 0.15) is 30.5 Å². The van der Waals surface area contributed by atoms with Gasteiger partial charge < -0.3 is 20.4 Å². The Labute approximate surface area is 228 Å². The molecule has 200 valence electrons. The number of anilines is 6. The van der Waals surface area contributed by atoms with Crippen LogP contribution in [0.2, 0.25) is 5.02 Å². The highest BCUT2D eigenvalue weighted by Gasteiger charge is 2.36. The molecule has 2 aliphatic carbocycles. The predicted octanol–water partition coefficient (Wildman–Crippen LogP) is 4.76. The van der Waals surface area contributed by atoms with Gasteiger partial charge in [0.1, 0.15) is 5.82 Å². The smallest absolute Gasteiger partial charge is 0.235 e. The fourth-order valence-corrected chi connectivity index (χ4v) is 6.59. The van der Waals surface area contributed by atoms with Crippen molar-refractivity contribution in [3.8, 4) is 0 Å². The highest BCUT2D eigenvalue weighted by molar-refractivity contribution is 7.93. The maximum absolute atomic E-state index is 12.5. The van der Waals surface area contributed by atoms with Crippen LogP contribution in [0.25, 0.3) is 0 Å². The van der Waals surface area contributed by atoms with Crippen molar-refractivity contribution in [3.05, 3.63) is 58.7 Å². The zero-order valence-corrected chi connectivity index (χ0v) is 22.9. The number of aromatic nitrogens is 2. The van der Waals surface area contributed by atoms with Crippen molar-refractivity contribution in [1.29, 1.82) is 0 Å². The van der Waals surface area contributed by atoms with Crippen LogP contribution < -0.4 is 20.3 Å². The van der Waals surface area contributed by atoms with Gasteiger partial charge in [-0.05, 0) is 81.6 Å². The zero-order valence-electron chi connectivity index (χ0n) is 21.4. The van der Waals surface area contributed by atoms with Crippen molar-refractivity contribution in [3.63, 3.8) is 0 Å². The van der Waals surface area contributed by atoms with Crippen LogP contribution in [-0.4, -0.2) is 61.8 Å². The summed E-state index contributed by atoms with van der Waals surface area (Å²) in [5.41, 5.74) is 5.34. The fourth-order valence-electron chi connectivity index (χ4n) is 4.97. The van der Waals surface area contributed by atoms with E-state index in [9.17, 15) is 8.42 Å². The normalized spacial score (nSPS) is 17.8. The molecule has 38 heavy (non-hydrogen) atoms. The lowest BCUT2D eigenvalue weighted by atomic mass is 10.2.